The summed E-state index contributed by atoms with van der Waals surface area (Å²) < 4.78 is 24.4. The summed E-state index contributed by atoms with van der Waals surface area (Å²) in [4.78, 5) is 0.420. The van der Waals surface area contributed by atoms with Crippen LogP contribution in [0.15, 0.2) is 59.5 Å². The number of hydrogen-bond acceptors (Lipinski definition) is 2. The van der Waals surface area contributed by atoms with Gasteiger partial charge in [-0.2, -0.15) is 0 Å². The van der Waals surface area contributed by atoms with E-state index in [9.17, 15) is 8.42 Å². The fourth-order valence-corrected chi connectivity index (χ4v) is 3.41. The van der Waals surface area contributed by atoms with E-state index in [4.69, 9.17) is 0 Å². The number of hydrogen-bond donors (Lipinski definition) is 0. The second-order valence-electron chi connectivity index (χ2n) is 4.01. The van der Waals surface area contributed by atoms with E-state index in [0.717, 1.165) is 11.1 Å². The van der Waals surface area contributed by atoms with Crippen LogP contribution in [0.1, 0.15) is 11.1 Å². The van der Waals surface area contributed by atoms with Gasteiger partial charge in [0.1, 0.15) is 0 Å². The van der Waals surface area contributed by atoms with Gasteiger partial charge in [-0.05, 0) is 24.1 Å². The zero-order valence-corrected chi connectivity index (χ0v) is 10.4. The lowest BCUT2D eigenvalue weighted by Crippen LogP contribution is -2.06. The molecule has 3 heteroatoms. The summed E-state index contributed by atoms with van der Waals surface area (Å²) in [6, 6.07) is 16.3. The van der Waals surface area contributed by atoms with Crippen LogP contribution in [-0.4, -0.2) is 8.42 Å². The lowest BCUT2D eigenvalue weighted by Gasteiger charge is -2.07. The Bertz CT molecular complexity index is 601. The van der Waals surface area contributed by atoms with Crippen LogP contribution in [0.3, 0.4) is 0 Å². The predicted molar refractivity (Wildman–Crippen MR) is 68.5 cm³/mol. The van der Waals surface area contributed by atoms with Gasteiger partial charge in [0.05, 0.1) is 10.6 Å². The van der Waals surface area contributed by atoms with Gasteiger partial charge in [0, 0.05) is 0 Å². The molecular formula is C14H14O2S. The number of aryl methyl sites for hydroxylation is 1. The molecule has 2 rings (SSSR count). The third-order valence-electron chi connectivity index (χ3n) is 2.63. The highest BCUT2D eigenvalue weighted by Crippen LogP contribution is 2.19. The number of benzene rings is 2. The maximum atomic E-state index is 12.2. The van der Waals surface area contributed by atoms with Gasteiger partial charge < -0.3 is 0 Å². The van der Waals surface area contributed by atoms with Crippen LogP contribution in [0.25, 0.3) is 0 Å². The van der Waals surface area contributed by atoms with Gasteiger partial charge in [0.25, 0.3) is 0 Å². The van der Waals surface area contributed by atoms with Gasteiger partial charge in [-0.3, -0.25) is 0 Å². The van der Waals surface area contributed by atoms with E-state index < -0.39 is 9.84 Å². The van der Waals surface area contributed by atoms with E-state index in [2.05, 4.69) is 0 Å². The first-order chi connectivity index (χ1) is 8.09. The van der Waals surface area contributed by atoms with Crippen molar-refractivity contribution in [2.24, 2.45) is 0 Å². The minimum Gasteiger partial charge on any atom is -0.223 e. The van der Waals surface area contributed by atoms with Crippen LogP contribution in [0, 0.1) is 6.92 Å². The molecule has 0 aromatic heterocycles. The molecule has 0 amide bonds. The Hall–Kier alpha value is -1.61. The van der Waals surface area contributed by atoms with Crippen LogP contribution < -0.4 is 0 Å². The Morgan fingerprint density at radius 1 is 0.882 bits per heavy atom. The van der Waals surface area contributed by atoms with Crippen LogP contribution in [0.2, 0.25) is 0 Å². The number of sulfone groups is 1. The second-order valence-corrected chi connectivity index (χ2v) is 5.97. The Labute approximate surface area is 102 Å². The van der Waals surface area contributed by atoms with Crippen LogP contribution in [-0.2, 0) is 15.6 Å². The summed E-state index contributed by atoms with van der Waals surface area (Å²) in [5.41, 5.74) is 1.61. The Balaban J connectivity index is 2.36. The van der Waals surface area contributed by atoms with E-state index in [1.165, 1.54) is 0 Å². The minimum absolute atomic E-state index is 0.0543. The molecule has 0 unspecified atom stereocenters. The highest BCUT2D eigenvalue weighted by atomic mass is 32.2. The van der Waals surface area contributed by atoms with Gasteiger partial charge in [-0.1, -0.05) is 48.5 Å². The molecule has 88 valence electrons. The first-order valence-electron chi connectivity index (χ1n) is 5.42. The fourth-order valence-electron chi connectivity index (χ4n) is 1.78. The molecule has 17 heavy (non-hydrogen) atoms. The smallest absolute Gasteiger partial charge is 0.182 e. The SMILES string of the molecule is Cc1ccccc1S(=O)(=O)Cc1ccccc1. The zero-order chi connectivity index (χ0) is 12.3. The molecule has 0 saturated heterocycles. The van der Waals surface area contributed by atoms with Crippen molar-refractivity contribution in [3.8, 4) is 0 Å². The standard InChI is InChI=1S/C14H14O2S/c1-12-7-5-6-10-14(12)17(15,16)11-13-8-3-2-4-9-13/h2-10H,11H2,1H3. The molecule has 0 N–H and O–H groups in total. The first kappa shape index (κ1) is 11.9. The molecule has 0 aliphatic heterocycles. The van der Waals surface area contributed by atoms with Crippen molar-refractivity contribution in [1.29, 1.82) is 0 Å². The minimum atomic E-state index is -3.24. The van der Waals surface area contributed by atoms with Crippen molar-refractivity contribution in [2.75, 3.05) is 0 Å². The molecule has 2 aromatic rings. The lowest BCUT2D eigenvalue weighted by molar-refractivity contribution is 0.594. The highest BCUT2D eigenvalue weighted by molar-refractivity contribution is 7.90. The van der Waals surface area contributed by atoms with Crippen molar-refractivity contribution in [1.82, 2.24) is 0 Å². The monoisotopic (exact) mass is 246 g/mol. The topological polar surface area (TPSA) is 34.1 Å². The van der Waals surface area contributed by atoms with Gasteiger partial charge in [-0.25, -0.2) is 8.42 Å². The third kappa shape index (κ3) is 2.74. The third-order valence-corrected chi connectivity index (χ3v) is 4.47. The molecule has 0 saturated carbocycles. The average Bonchev–Trinajstić information content (AvgIpc) is 2.30. The van der Waals surface area contributed by atoms with Crippen molar-refractivity contribution in [3.05, 3.63) is 65.7 Å². The molecule has 0 bridgehead atoms. The molecular weight excluding hydrogens is 232 g/mol. The van der Waals surface area contributed by atoms with Gasteiger partial charge in [0.2, 0.25) is 0 Å². The summed E-state index contributed by atoms with van der Waals surface area (Å²) in [7, 11) is -3.24. The van der Waals surface area contributed by atoms with Gasteiger partial charge in [0.15, 0.2) is 9.84 Å². The molecule has 0 aliphatic carbocycles. The van der Waals surface area contributed by atoms with Crippen molar-refractivity contribution in [3.63, 3.8) is 0 Å². The lowest BCUT2D eigenvalue weighted by atomic mass is 10.2. The second kappa shape index (κ2) is 4.72. The molecule has 0 spiro atoms. The summed E-state index contributed by atoms with van der Waals surface area (Å²) in [6.07, 6.45) is 0. The molecule has 0 heterocycles. The Kier molecular flexibility index (Phi) is 3.29. The summed E-state index contributed by atoms with van der Waals surface area (Å²) in [5.74, 6) is 0.0543. The Morgan fingerprint density at radius 3 is 2.12 bits per heavy atom. The fraction of sp³-hybridized carbons (Fsp3) is 0.143. The van der Waals surface area contributed by atoms with Crippen LogP contribution in [0.5, 0.6) is 0 Å². The van der Waals surface area contributed by atoms with E-state index in [0.29, 0.717) is 4.90 Å². The first-order valence-corrected chi connectivity index (χ1v) is 7.07. The largest absolute Gasteiger partial charge is 0.223 e. The van der Waals surface area contributed by atoms with E-state index in [1.807, 2.05) is 49.4 Å². The van der Waals surface area contributed by atoms with Gasteiger partial charge >= 0.3 is 0 Å². The van der Waals surface area contributed by atoms with Crippen LogP contribution >= 0.6 is 0 Å². The number of rotatable bonds is 3. The maximum absolute atomic E-state index is 12.2. The summed E-state index contributed by atoms with van der Waals surface area (Å²) in [5, 5.41) is 0. The molecule has 0 radical (unpaired) electrons. The molecule has 0 atom stereocenters. The average molecular weight is 246 g/mol. The normalized spacial score (nSPS) is 11.4. The van der Waals surface area contributed by atoms with Crippen LogP contribution in [0.4, 0.5) is 0 Å². The summed E-state index contributed by atoms with van der Waals surface area (Å²) >= 11 is 0. The highest BCUT2D eigenvalue weighted by Gasteiger charge is 2.16. The summed E-state index contributed by atoms with van der Waals surface area (Å²) in [6.45, 7) is 1.82. The molecule has 0 aliphatic rings. The maximum Gasteiger partial charge on any atom is 0.182 e. The quantitative estimate of drug-likeness (QED) is 0.834. The predicted octanol–water partition coefficient (Wildman–Crippen LogP) is 2.97. The Morgan fingerprint density at radius 2 is 1.47 bits per heavy atom. The molecule has 0 fully saturated rings. The zero-order valence-electron chi connectivity index (χ0n) is 9.63. The van der Waals surface area contributed by atoms with Crippen molar-refractivity contribution >= 4 is 9.84 Å². The molecule has 2 aromatic carbocycles. The van der Waals surface area contributed by atoms with E-state index in [-0.39, 0.29) is 5.75 Å². The van der Waals surface area contributed by atoms with Gasteiger partial charge in [-0.15, -0.1) is 0 Å². The van der Waals surface area contributed by atoms with Crippen molar-refractivity contribution in [2.45, 2.75) is 17.6 Å². The van der Waals surface area contributed by atoms with E-state index >= 15 is 0 Å². The molecule has 2 nitrogen and oxygen atoms in total. The van der Waals surface area contributed by atoms with E-state index in [1.54, 1.807) is 12.1 Å². The van der Waals surface area contributed by atoms with Crippen molar-refractivity contribution < 1.29 is 8.42 Å².